The van der Waals surface area contributed by atoms with Gasteiger partial charge in [-0.3, -0.25) is 14.5 Å². The van der Waals surface area contributed by atoms with Crippen molar-refractivity contribution < 1.29 is 14.3 Å². The molecule has 1 aliphatic heterocycles. The van der Waals surface area contributed by atoms with E-state index in [9.17, 15) is 9.59 Å². The van der Waals surface area contributed by atoms with Gasteiger partial charge in [-0.2, -0.15) is 0 Å². The first kappa shape index (κ1) is 18.1. The number of nitrogens with one attached hydrogen (secondary N) is 2. The number of piperazine rings is 1. The summed E-state index contributed by atoms with van der Waals surface area (Å²) in [6.45, 7) is 2.92. The molecule has 8 nitrogen and oxygen atoms in total. The third-order valence-electron chi connectivity index (χ3n) is 4.21. The first-order chi connectivity index (χ1) is 12.7. The highest BCUT2D eigenvalue weighted by Crippen LogP contribution is 2.20. The van der Waals surface area contributed by atoms with Crippen LogP contribution >= 0.6 is 0 Å². The van der Waals surface area contributed by atoms with Gasteiger partial charge in [-0.05, 0) is 18.6 Å². The minimum absolute atomic E-state index is 0.0261. The Labute approximate surface area is 151 Å². The number of hydrogen-bond acceptors (Lipinski definition) is 7. The normalized spacial score (nSPS) is 14.9. The first-order valence-electron chi connectivity index (χ1n) is 8.71. The largest absolute Gasteiger partial charge is 0.469 e. The summed E-state index contributed by atoms with van der Waals surface area (Å²) in [5.41, 5.74) is 0.856. The van der Waals surface area contributed by atoms with Crippen LogP contribution in [0.1, 0.15) is 18.7 Å². The van der Waals surface area contributed by atoms with Crippen molar-refractivity contribution in [2.75, 3.05) is 38.6 Å². The fourth-order valence-electron chi connectivity index (χ4n) is 2.90. The molecule has 0 unspecified atom stereocenters. The Hall–Kier alpha value is -2.74. The maximum Gasteiger partial charge on any atom is 0.305 e. The van der Waals surface area contributed by atoms with Gasteiger partial charge in [0.25, 0.3) is 0 Å². The molecule has 1 aromatic heterocycles. The van der Waals surface area contributed by atoms with Gasteiger partial charge >= 0.3 is 5.97 Å². The zero-order valence-electron chi connectivity index (χ0n) is 14.8. The second-order valence-corrected chi connectivity index (χ2v) is 6.17. The number of amides is 1. The lowest BCUT2D eigenvalue weighted by molar-refractivity contribution is -0.140. The van der Waals surface area contributed by atoms with E-state index in [0.29, 0.717) is 44.8 Å². The lowest BCUT2D eigenvalue weighted by Gasteiger charge is -2.25. The second kappa shape index (κ2) is 8.57. The van der Waals surface area contributed by atoms with Crippen LogP contribution in [0.5, 0.6) is 0 Å². The number of hydrogen-bond donors (Lipinski definition) is 2. The Kier molecular flexibility index (Phi) is 5.96. The van der Waals surface area contributed by atoms with Crippen LogP contribution in [0.2, 0.25) is 0 Å². The van der Waals surface area contributed by atoms with Crippen LogP contribution in [0.25, 0.3) is 10.9 Å². The molecule has 2 aromatic rings. The molecule has 26 heavy (non-hydrogen) atoms. The molecule has 0 spiro atoms. The molecule has 2 N–H and O–H groups in total. The lowest BCUT2D eigenvalue weighted by Crippen LogP contribution is -2.47. The summed E-state index contributed by atoms with van der Waals surface area (Å²) in [6.07, 6.45) is 1.02. The number of nitrogens with zero attached hydrogens (tertiary/aromatic N) is 3. The van der Waals surface area contributed by atoms with Crippen LogP contribution < -0.4 is 10.6 Å². The van der Waals surface area contributed by atoms with E-state index in [1.54, 1.807) is 0 Å². The monoisotopic (exact) mass is 357 g/mol. The standard InChI is InChI=1S/C18H23N5O3/c1-26-17(25)7-4-8-20-18-13-5-2-3-6-14(13)21-15(22-18)11-23-10-9-19-16(24)12-23/h2-3,5-6H,4,7-12H2,1H3,(H,19,24)(H,20,21,22). The Morgan fingerprint density at radius 1 is 1.35 bits per heavy atom. The minimum Gasteiger partial charge on any atom is -0.469 e. The number of carbonyl (C=O) groups excluding carboxylic acids is 2. The van der Waals surface area contributed by atoms with Crippen molar-refractivity contribution in [1.82, 2.24) is 20.2 Å². The summed E-state index contributed by atoms with van der Waals surface area (Å²) < 4.78 is 4.65. The summed E-state index contributed by atoms with van der Waals surface area (Å²) in [5, 5.41) is 7.05. The second-order valence-electron chi connectivity index (χ2n) is 6.17. The molecule has 0 aliphatic carbocycles. The third-order valence-corrected chi connectivity index (χ3v) is 4.21. The Morgan fingerprint density at radius 3 is 3.00 bits per heavy atom. The topological polar surface area (TPSA) is 96.5 Å². The molecular weight excluding hydrogens is 334 g/mol. The van der Waals surface area contributed by atoms with Gasteiger partial charge in [0, 0.05) is 31.4 Å². The van der Waals surface area contributed by atoms with Gasteiger partial charge in [-0.25, -0.2) is 9.97 Å². The van der Waals surface area contributed by atoms with Gasteiger partial charge in [0.1, 0.15) is 11.6 Å². The number of esters is 1. The van der Waals surface area contributed by atoms with E-state index >= 15 is 0 Å². The van der Waals surface area contributed by atoms with Gasteiger partial charge in [0.2, 0.25) is 5.91 Å². The summed E-state index contributed by atoms with van der Waals surface area (Å²) >= 11 is 0. The molecule has 0 radical (unpaired) electrons. The van der Waals surface area contributed by atoms with Crippen molar-refractivity contribution >= 4 is 28.6 Å². The highest BCUT2D eigenvalue weighted by atomic mass is 16.5. The first-order valence-corrected chi connectivity index (χ1v) is 8.71. The summed E-state index contributed by atoms with van der Waals surface area (Å²) in [4.78, 5) is 34.1. The summed E-state index contributed by atoms with van der Waals surface area (Å²) in [5.74, 6) is 1.23. The number of rotatable bonds is 7. The number of anilines is 1. The van der Waals surface area contributed by atoms with Crippen molar-refractivity contribution in [2.45, 2.75) is 19.4 Å². The zero-order chi connectivity index (χ0) is 18.4. The van der Waals surface area contributed by atoms with Gasteiger partial charge in [0.15, 0.2) is 0 Å². The molecule has 1 aromatic carbocycles. The predicted octanol–water partition coefficient (Wildman–Crippen LogP) is 0.927. The van der Waals surface area contributed by atoms with E-state index in [1.807, 2.05) is 29.2 Å². The quantitative estimate of drug-likeness (QED) is 0.562. The highest BCUT2D eigenvalue weighted by Gasteiger charge is 2.18. The number of benzene rings is 1. The summed E-state index contributed by atoms with van der Waals surface area (Å²) in [6, 6.07) is 7.80. The third kappa shape index (κ3) is 4.66. The highest BCUT2D eigenvalue weighted by molar-refractivity contribution is 5.89. The van der Waals surface area contributed by atoms with Gasteiger partial charge in [-0.1, -0.05) is 12.1 Å². The SMILES string of the molecule is COC(=O)CCCNc1nc(CN2CCNC(=O)C2)nc2ccccc12. The van der Waals surface area contributed by atoms with Crippen molar-refractivity contribution in [3.05, 3.63) is 30.1 Å². The average Bonchev–Trinajstić information content (AvgIpc) is 2.65. The molecule has 3 rings (SSSR count). The molecule has 0 atom stereocenters. The molecule has 0 bridgehead atoms. The van der Waals surface area contributed by atoms with Crippen LogP contribution in [0.15, 0.2) is 24.3 Å². The fourth-order valence-corrected chi connectivity index (χ4v) is 2.90. The molecule has 0 saturated carbocycles. The Morgan fingerprint density at radius 2 is 2.19 bits per heavy atom. The molecule has 8 heteroatoms. The number of carbonyl (C=O) groups is 2. The molecule has 1 fully saturated rings. The Bertz CT molecular complexity index is 795. The van der Waals surface area contributed by atoms with Gasteiger partial charge < -0.3 is 15.4 Å². The summed E-state index contributed by atoms with van der Waals surface area (Å²) in [7, 11) is 1.39. The van der Waals surface area contributed by atoms with E-state index < -0.39 is 0 Å². The van der Waals surface area contributed by atoms with Crippen LogP contribution in [-0.2, 0) is 20.9 Å². The molecule has 138 valence electrons. The van der Waals surface area contributed by atoms with E-state index in [1.165, 1.54) is 7.11 Å². The van der Waals surface area contributed by atoms with Crippen LogP contribution in [0, 0.1) is 0 Å². The average molecular weight is 357 g/mol. The van der Waals surface area contributed by atoms with Crippen LogP contribution in [0.4, 0.5) is 5.82 Å². The molecule has 1 saturated heterocycles. The van der Waals surface area contributed by atoms with E-state index in [0.717, 1.165) is 23.3 Å². The minimum atomic E-state index is -0.219. The zero-order valence-corrected chi connectivity index (χ0v) is 14.8. The molecular formula is C18H23N5O3. The number of aromatic nitrogens is 2. The molecule has 1 aliphatic rings. The van der Waals surface area contributed by atoms with Crippen molar-refractivity contribution in [2.24, 2.45) is 0 Å². The number of methoxy groups -OCH3 is 1. The van der Waals surface area contributed by atoms with Crippen LogP contribution in [-0.4, -0.2) is 60.0 Å². The van der Waals surface area contributed by atoms with E-state index in [4.69, 9.17) is 0 Å². The van der Waals surface area contributed by atoms with E-state index in [2.05, 4.69) is 25.3 Å². The van der Waals surface area contributed by atoms with Gasteiger partial charge in [-0.15, -0.1) is 0 Å². The van der Waals surface area contributed by atoms with Crippen molar-refractivity contribution in [1.29, 1.82) is 0 Å². The number of fused-ring (bicyclic) bond motifs is 1. The maximum atomic E-state index is 11.6. The van der Waals surface area contributed by atoms with Crippen molar-refractivity contribution in [3.8, 4) is 0 Å². The molecule has 2 heterocycles. The van der Waals surface area contributed by atoms with Crippen molar-refractivity contribution in [3.63, 3.8) is 0 Å². The number of ether oxygens (including phenoxy) is 1. The Balaban J connectivity index is 1.73. The van der Waals surface area contributed by atoms with E-state index in [-0.39, 0.29) is 11.9 Å². The molecule has 1 amide bonds. The maximum absolute atomic E-state index is 11.6. The number of para-hydroxylation sites is 1. The van der Waals surface area contributed by atoms with Gasteiger partial charge in [0.05, 0.1) is 25.7 Å². The smallest absolute Gasteiger partial charge is 0.305 e. The fraction of sp³-hybridized carbons (Fsp3) is 0.444. The predicted molar refractivity (Wildman–Crippen MR) is 97.6 cm³/mol. The van der Waals surface area contributed by atoms with Crippen LogP contribution in [0.3, 0.4) is 0 Å². The lowest BCUT2D eigenvalue weighted by atomic mass is 10.2.